The van der Waals surface area contributed by atoms with Gasteiger partial charge in [-0.2, -0.15) is 0 Å². The number of aromatic nitrogens is 3. The van der Waals surface area contributed by atoms with E-state index in [0.29, 0.717) is 10.7 Å². The van der Waals surface area contributed by atoms with E-state index in [2.05, 4.69) is 50.7 Å². The van der Waals surface area contributed by atoms with Gasteiger partial charge in [0.05, 0.1) is 16.6 Å². The fraction of sp³-hybridized carbons (Fsp3) is 0.414. The van der Waals surface area contributed by atoms with E-state index in [0.717, 1.165) is 56.3 Å². The molecular weight excluding hydrogens is 562 g/mol. The van der Waals surface area contributed by atoms with Crippen LogP contribution < -0.4 is 5.32 Å². The van der Waals surface area contributed by atoms with E-state index in [1.54, 1.807) is 0 Å². The first-order valence-electron chi connectivity index (χ1n) is 14.0. The van der Waals surface area contributed by atoms with Gasteiger partial charge in [-0.05, 0) is 67.3 Å². The Morgan fingerprint density at radius 2 is 1.85 bits per heavy atom. The zero-order valence-corrected chi connectivity index (χ0v) is 24.6. The Morgan fingerprint density at radius 3 is 2.63 bits per heavy atom. The maximum absolute atomic E-state index is 13.4. The van der Waals surface area contributed by atoms with Gasteiger partial charge in [0.25, 0.3) is 10.0 Å². The number of amides is 1. The number of benzene rings is 2. The van der Waals surface area contributed by atoms with Gasteiger partial charge >= 0.3 is 0 Å². The molecule has 3 heterocycles. The third-order valence-corrected chi connectivity index (χ3v) is 10.3. The van der Waals surface area contributed by atoms with Crippen LogP contribution in [0.25, 0.3) is 0 Å². The molecule has 12 heteroatoms. The fourth-order valence-electron chi connectivity index (χ4n) is 5.90. The molecule has 1 aromatic heterocycles. The molecule has 1 aliphatic carbocycles. The Morgan fingerprint density at radius 1 is 1.07 bits per heavy atom. The molecule has 0 radical (unpaired) electrons. The van der Waals surface area contributed by atoms with Crippen molar-refractivity contribution in [3.05, 3.63) is 88.5 Å². The van der Waals surface area contributed by atoms with Gasteiger partial charge in [-0.1, -0.05) is 35.0 Å². The number of piperazine rings is 1. The molecule has 0 saturated carbocycles. The number of nitrogens with one attached hydrogen (secondary N) is 1. The van der Waals surface area contributed by atoms with Crippen molar-refractivity contribution >= 4 is 27.5 Å². The number of sulfonamides is 1. The molecule has 1 saturated heterocycles. The minimum Gasteiger partial charge on any atom is -0.329 e. The molecule has 2 aromatic carbocycles. The molecule has 6 rings (SSSR count). The number of hydrogen-bond acceptors (Lipinski definition) is 7. The average Bonchev–Trinajstić information content (AvgIpc) is 3.43. The Bertz CT molecular complexity index is 1550. The van der Waals surface area contributed by atoms with Crippen LogP contribution >= 0.6 is 11.6 Å². The summed E-state index contributed by atoms with van der Waals surface area (Å²) in [7, 11) is -1.81. The van der Waals surface area contributed by atoms with Crippen LogP contribution in [0.1, 0.15) is 41.3 Å². The maximum Gasteiger partial charge on any atom is 0.264 e. The Kier molecular flexibility index (Phi) is 7.86. The molecule has 0 bridgehead atoms. The summed E-state index contributed by atoms with van der Waals surface area (Å²) < 4.78 is 29.8. The van der Waals surface area contributed by atoms with Crippen molar-refractivity contribution in [2.24, 2.45) is 0 Å². The van der Waals surface area contributed by atoms with Gasteiger partial charge in [-0.15, -0.1) is 5.10 Å². The monoisotopic (exact) mass is 595 g/mol. The number of halogens is 1. The lowest BCUT2D eigenvalue weighted by atomic mass is 9.86. The lowest BCUT2D eigenvalue weighted by Crippen LogP contribution is -2.50. The van der Waals surface area contributed by atoms with Crippen LogP contribution in [0.5, 0.6) is 0 Å². The SMILES string of the molecule is CN1CCN(Cc2ccc3c(c2)CCC[C@H]3n2cc(C[C@@H]3C(=O)NC=CN3S(=O)(=O)c3ccc(Cl)cc3)nn2)CC1. The molecule has 1 N–H and O–H groups in total. The van der Waals surface area contributed by atoms with Crippen LogP contribution in [-0.2, 0) is 34.2 Å². The molecule has 41 heavy (non-hydrogen) atoms. The third kappa shape index (κ3) is 5.90. The fourth-order valence-corrected chi connectivity index (χ4v) is 7.48. The number of carbonyl (C=O) groups is 1. The second kappa shape index (κ2) is 11.6. The molecule has 3 aliphatic rings. The second-order valence-corrected chi connectivity index (χ2v) is 13.3. The van der Waals surface area contributed by atoms with Gasteiger partial charge in [-0.3, -0.25) is 14.0 Å². The highest BCUT2D eigenvalue weighted by atomic mass is 35.5. The van der Waals surface area contributed by atoms with E-state index >= 15 is 0 Å². The van der Waals surface area contributed by atoms with Crippen molar-refractivity contribution in [3.8, 4) is 0 Å². The number of carbonyl (C=O) groups excluding carboxylic acids is 1. The summed E-state index contributed by atoms with van der Waals surface area (Å²) >= 11 is 5.95. The summed E-state index contributed by atoms with van der Waals surface area (Å²) in [5.74, 6) is -0.421. The average molecular weight is 596 g/mol. The summed E-state index contributed by atoms with van der Waals surface area (Å²) in [4.78, 5) is 17.8. The minimum absolute atomic E-state index is 0.0478. The molecule has 3 aromatic rings. The molecule has 10 nitrogen and oxygen atoms in total. The highest BCUT2D eigenvalue weighted by Crippen LogP contribution is 2.33. The zero-order chi connectivity index (χ0) is 28.6. The van der Waals surface area contributed by atoms with Crippen LogP contribution in [0, 0.1) is 0 Å². The number of rotatable bonds is 7. The summed E-state index contributed by atoms with van der Waals surface area (Å²) in [5.41, 5.74) is 4.49. The van der Waals surface area contributed by atoms with Crippen LogP contribution in [0.2, 0.25) is 5.02 Å². The first-order valence-corrected chi connectivity index (χ1v) is 15.8. The molecule has 0 spiro atoms. The van der Waals surface area contributed by atoms with E-state index in [4.69, 9.17) is 11.6 Å². The quantitative estimate of drug-likeness (QED) is 0.448. The van der Waals surface area contributed by atoms with Crippen molar-refractivity contribution in [2.75, 3.05) is 33.2 Å². The lowest BCUT2D eigenvalue weighted by molar-refractivity contribution is -0.124. The summed E-state index contributed by atoms with van der Waals surface area (Å²) in [6, 6.07) is 11.7. The summed E-state index contributed by atoms with van der Waals surface area (Å²) in [6.07, 6.45) is 7.67. The zero-order valence-electron chi connectivity index (χ0n) is 23.0. The number of likely N-dealkylation sites (N-methyl/N-ethyl adjacent to an activating group) is 1. The van der Waals surface area contributed by atoms with Gasteiger partial charge in [-0.25, -0.2) is 13.1 Å². The highest BCUT2D eigenvalue weighted by molar-refractivity contribution is 7.89. The number of nitrogens with zero attached hydrogens (tertiary/aromatic N) is 6. The standard InChI is InChI=1S/C29H34ClN7O3S/c1-34-13-15-35(16-14-34)19-21-5-10-26-22(17-21)3-2-4-27(26)36-20-24(32-33-36)18-28-29(38)31-11-12-37(28)41(39,40)25-8-6-23(30)7-9-25/h5-12,17,20,27-28H,2-4,13-16,18-19H2,1H3,(H,31,38)/t27-,28-/m1/s1. The molecule has 2 aliphatic heterocycles. The minimum atomic E-state index is -3.99. The van der Waals surface area contributed by atoms with Crippen molar-refractivity contribution < 1.29 is 13.2 Å². The van der Waals surface area contributed by atoms with Gasteiger partial charge in [0.1, 0.15) is 6.04 Å². The van der Waals surface area contributed by atoms with Crippen molar-refractivity contribution in [1.29, 1.82) is 0 Å². The van der Waals surface area contributed by atoms with Gasteiger partial charge in [0.15, 0.2) is 0 Å². The van der Waals surface area contributed by atoms with E-state index in [1.807, 2.05) is 10.9 Å². The van der Waals surface area contributed by atoms with Crippen LogP contribution in [0.15, 0.2) is 66.0 Å². The van der Waals surface area contributed by atoms with Crippen molar-refractivity contribution in [3.63, 3.8) is 0 Å². The molecule has 1 fully saturated rings. The highest BCUT2D eigenvalue weighted by Gasteiger charge is 2.36. The molecule has 1 amide bonds. The molecular formula is C29H34ClN7O3S. The normalized spacial score (nSPS) is 22.0. The molecule has 0 unspecified atom stereocenters. The maximum atomic E-state index is 13.4. The van der Waals surface area contributed by atoms with Gasteiger partial charge in [0.2, 0.25) is 5.91 Å². The first-order chi connectivity index (χ1) is 19.8. The largest absolute Gasteiger partial charge is 0.329 e. The van der Waals surface area contributed by atoms with E-state index < -0.39 is 22.0 Å². The Labute approximate surface area is 245 Å². The van der Waals surface area contributed by atoms with Gasteiger partial charge in [0, 0.05) is 62.8 Å². The van der Waals surface area contributed by atoms with Crippen LogP contribution in [-0.4, -0.2) is 82.7 Å². The summed E-state index contributed by atoms with van der Waals surface area (Å²) in [5, 5.41) is 11.8. The lowest BCUT2D eigenvalue weighted by Gasteiger charge is -2.33. The second-order valence-electron chi connectivity index (χ2n) is 11.0. The Hall–Kier alpha value is -3.25. The summed E-state index contributed by atoms with van der Waals surface area (Å²) in [6.45, 7) is 5.35. The number of aryl methyl sites for hydroxylation is 1. The number of hydrogen-bond donors (Lipinski definition) is 1. The number of fused-ring (bicyclic) bond motifs is 1. The topological polar surface area (TPSA) is 104 Å². The van der Waals surface area contributed by atoms with Crippen molar-refractivity contribution in [1.82, 2.24) is 34.4 Å². The molecule has 2 atom stereocenters. The van der Waals surface area contributed by atoms with E-state index in [-0.39, 0.29) is 17.4 Å². The first kappa shape index (κ1) is 27.9. The predicted molar refractivity (Wildman–Crippen MR) is 156 cm³/mol. The van der Waals surface area contributed by atoms with E-state index in [1.165, 1.54) is 53.4 Å². The predicted octanol–water partition coefficient (Wildman–Crippen LogP) is 2.81. The smallest absolute Gasteiger partial charge is 0.264 e. The van der Waals surface area contributed by atoms with Crippen LogP contribution in [0.4, 0.5) is 0 Å². The van der Waals surface area contributed by atoms with Crippen LogP contribution in [0.3, 0.4) is 0 Å². The molecule has 216 valence electrons. The van der Waals surface area contributed by atoms with Crippen molar-refractivity contribution in [2.45, 2.75) is 49.2 Å². The Balaban J connectivity index is 1.19. The van der Waals surface area contributed by atoms with E-state index in [9.17, 15) is 13.2 Å². The third-order valence-electron chi connectivity index (χ3n) is 8.22. The van der Waals surface area contributed by atoms with Gasteiger partial charge < -0.3 is 10.2 Å².